The summed E-state index contributed by atoms with van der Waals surface area (Å²) in [6.45, 7) is 10.6. The summed E-state index contributed by atoms with van der Waals surface area (Å²) in [5, 5.41) is 20.6. The van der Waals surface area contributed by atoms with E-state index in [4.69, 9.17) is 9.47 Å². The summed E-state index contributed by atoms with van der Waals surface area (Å²) < 4.78 is 11.1. The number of hydrogen-bond donors (Lipinski definition) is 2. The van der Waals surface area contributed by atoms with Crippen LogP contribution in [0, 0.1) is 11.5 Å². The molecule has 5 heteroatoms. The van der Waals surface area contributed by atoms with Crippen LogP contribution in [0.2, 0.25) is 13.1 Å². The van der Waals surface area contributed by atoms with Gasteiger partial charge in [0.1, 0.15) is 20.3 Å². The Labute approximate surface area is 153 Å². The Morgan fingerprint density at radius 3 is 2.16 bits per heavy atom. The van der Waals surface area contributed by atoms with Gasteiger partial charge >= 0.3 is 0 Å². The molecule has 2 N–H and O–H groups in total. The monoisotopic (exact) mass is 364 g/mol. The van der Waals surface area contributed by atoms with Crippen LogP contribution in [0.5, 0.6) is 0 Å². The van der Waals surface area contributed by atoms with E-state index in [9.17, 15) is 10.2 Å². The van der Waals surface area contributed by atoms with Crippen LogP contribution in [0.3, 0.4) is 0 Å². The van der Waals surface area contributed by atoms with E-state index >= 15 is 0 Å². The van der Waals surface area contributed by atoms with Gasteiger partial charge in [-0.3, -0.25) is 0 Å². The highest BCUT2D eigenvalue weighted by molar-refractivity contribution is 6.84. The van der Waals surface area contributed by atoms with E-state index in [0.29, 0.717) is 13.2 Å². The molecule has 140 valence electrons. The lowest BCUT2D eigenvalue weighted by atomic mass is 10.0. The van der Waals surface area contributed by atoms with E-state index < -0.39 is 26.1 Å². The first-order valence-electron chi connectivity index (χ1n) is 8.93. The van der Waals surface area contributed by atoms with Gasteiger partial charge < -0.3 is 19.7 Å². The predicted molar refractivity (Wildman–Crippen MR) is 104 cm³/mol. The van der Waals surface area contributed by atoms with Gasteiger partial charge in [0.15, 0.2) is 5.79 Å². The molecule has 0 aliphatic rings. The van der Waals surface area contributed by atoms with Gasteiger partial charge in [0.2, 0.25) is 0 Å². The number of hydrogen-bond acceptors (Lipinski definition) is 4. The summed E-state index contributed by atoms with van der Waals surface area (Å²) >= 11 is 0. The van der Waals surface area contributed by atoms with Crippen LogP contribution >= 0.6 is 0 Å². The average molecular weight is 365 g/mol. The third-order valence-corrected chi connectivity index (χ3v) is 6.09. The number of ether oxygens (including phenoxy) is 2. The van der Waals surface area contributed by atoms with Crippen molar-refractivity contribution in [3.63, 3.8) is 0 Å². The molecular formula is C20H32O4Si. The minimum Gasteiger partial charge on any atom is -0.387 e. The van der Waals surface area contributed by atoms with Crippen molar-refractivity contribution >= 4 is 8.07 Å². The van der Waals surface area contributed by atoms with Crippen molar-refractivity contribution in [3.8, 4) is 11.5 Å². The summed E-state index contributed by atoms with van der Waals surface area (Å²) in [6.07, 6.45) is -1.76. The fraction of sp³-hybridized carbons (Fsp3) is 0.600. The Morgan fingerprint density at radius 1 is 1.08 bits per heavy atom. The SMILES string of the molecule is CCOC(C)(OCC)[C@H](O)C[C@@H](O)C#C[Si](C)(C)Cc1ccccc1. The van der Waals surface area contributed by atoms with E-state index in [1.807, 2.05) is 32.0 Å². The topological polar surface area (TPSA) is 58.9 Å². The molecule has 2 atom stereocenters. The van der Waals surface area contributed by atoms with E-state index in [0.717, 1.165) is 6.04 Å². The van der Waals surface area contributed by atoms with Crippen molar-refractivity contribution in [2.75, 3.05) is 13.2 Å². The molecule has 0 fully saturated rings. The van der Waals surface area contributed by atoms with Gasteiger partial charge in [-0.25, -0.2) is 0 Å². The molecule has 0 bridgehead atoms. The van der Waals surface area contributed by atoms with Crippen molar-refractivity contribution in [2.45, 2.75) is 64.3 Å². The van der Waals surface area contributed by atoms with Crippen molar-refractivity contribution in [3.05, 3.63) is 35.9 Å². The zero-order chi connectivity index (χ0) is 18.9. The third kappa shape index (κ3) is 7.72. The molecule has 0 unspecified atom stereocenters. The summed E-state index contributed by atoms with van der Waals surface area (Å²) in [5.41, 5.74) is 4.54. The molecule has 4 nitrogen and oxygen atoms in total. The molecule has 0 heterocycles. The number of rotatable bonds is 9. The quantitative estimate of drug-likeness (QED) is 0.402. The zero-order valence-corrected chi connectivity index (χ0v) is 17.1. The third-order valence-electron chi connectivity index (χ3n) is 3.98. The fourth-order valence-electron chi connectivity index (χ4n) is 2.72. The molecule has 0 radical (unpaired) electrons. The maximum Gasteiger partial charge on any atom is 0.191 e. The van der Waals surface area contributed by atoms with Crippen molar-refractivity contribution in [1.82, 2.24) is 0 Å². The highest BCUT2D eigenvalue weighted by Gasteiger charge is 2.35. The van der Waals surface area contributed by atoms with Gasteiger partial charge in [-0.1, -0.05) is 49.3 Å². The summed E-state index contributed by atoms with van der Waals surface area (Å²) in [4.78, 5) is 0. The van der Waals surface area contributed by atoms with Crippen LogP contribution in [-0.4, -0.2) is 49.5 Å². The molecule has 1 rings (SSSR count). The van der Waals surface area contributed by atoms with Crippen LogP contribution in [-0.2, 0) is 15.5 Å². The van der Waals surface area contributed by atoms with E-state index in [1.165, 1.54) is 5.56 Å². The highest BCUT2D eigenvalue weighted by atomic mass is 28.3. The maximum atomic E-state index is 10.4. The maximum absolute atomic E-state index is 10.4. The van der Waals surface area contributed by atoms with Crippen LogP contribution in [0.25, 0.3) is 0 Å². The van der Waals surface area contributed by atoms with Gasteiger partial charge in [-0.05, 0) is 32.4 Å². The minimum absolute atomic E-state index is 0.0965. The predicted octanol–water partition coefficient (Wildman–Crippen LogP) is 2.92. The van der Waals surface area contributed by atoms with Crippen LogP contribution in [0.1, 0.15) is 32.8 Å². The molecule has 25 heavy (non-hydrogen) atoms. The molecule has 1 aromatic carbocycles. The van der Waals surface area contributed by atoms with Crippen LogP contribution in [0.4, 0.5) is 0 Å². The second kappa shape index (κ2) is 10.1. The fourth-order valence-corrected chi connectivity index (χ4v) is 4.62. The van der Waals surface area contributed by atoms with E-state index in [-0.39, 0.29) is 6.42 Å². The Bertz CT molecular complexity index is 556. The Balaban J connectivity index is 2.69. The molecule has 0 saturated heterocycles. The molecular weight excluding hydrogens is 332 g/mol. The first-order valence-corrected chi connectivity index (χ1v) is 12.1. The van der Waals surface area contributed by atoms with Crippen molar-refractivity contribution in [2.24, 2.45) is 0 Å². The largest absolute Gasteiger partial charge is 0.387 e. The molecule has 0 aliphatic carbocycles. The normalized spacial score (nSPS) is 14.5. The van der Waals surface area contributed by atoms with E-state index in [1.54, 1.807) is 6.92 Å². The van der Waals surface area contributed by atoms with Crippen molar-refractivity contribution in [1.29, 1.82) is 0 Å². The Morgan fingerprint density at radius 2 is 1.64 bits per heavy atom. The van der Waals surface area contributed by atoms with Crippen molar-refractivity contribution < 1.29 is 19.7 Å². The number of aliphatic hydroxyl groups is 2. The standard InChI is InChI=1S/C20H32O4Si/c1-6-23-20(3,24-7-2)19(22)15-18(21)13-14-25(4,5)16-17-11-9-8-10-12-17/h8-12,18-19,21-22H,6-7,15-16H2,1-5H3/t18-,19+/m0/s1. The van der Waals surface area contributed by atoms with Gasteiger partial charge in [0, 0.05) is 19.6 Å². The summed E-state index contributed by atoms with van der Waals surface area (Å²) in [6, 6.07) is 11.2. The zero-order valence-electron chi connectivity index (χ0n) is 16.1. The molecule has 0 saturated carbocycles. The summed E-state index contributed by atoms with van der Waals surface area (Å²) in [5.74, 6) is 1.80. The first kappa shape index (κ1) is 21.9. The van der Waals surface area contributed by atoms with Gasteiger partial charge in [-0.2, -0.15) is 0 Å². The lowest BCUT2D eigenvalue weighted by Crippen LogP contribution is -2.46. The highest BCUT2D eigenvalue weighted by Crippen LogP contribution is 2.21. The van der Waals surface area contributed by atoms with E-state index in [2.05, 4.69) is 36.7 Å². The van der Waals surface area contributed by atoms with Crippen LogP contribution < -0.4 is 0 Å². The van der Waals surface area contributed by atoms with Gasteiger partial charge in [0.05, 0.1) is 0 Å². The lowest BCUT2D eigenvalue weighted by molar-refractivity contribution is -0.272. The second-order valence-corrected chi connectivity index (χ2v) is 11.3. The summed E-state index contributed by atoms with van der Waals surface area (Å²) in [7, 11) is -1.80. The number of benzene rings is 1. The number of aliphatic hydroxyl groups excluding tert-OH is 2. The Hall–Kier alpha value is -1.16. The van der Waals surface area contributed by atoms with Gasteiger partial charge in [-0.15, -0.1) is 5.54 Å². The molecule has 0 spiro atoms. The lowest BCUT2D eigenvalue weighted by Gasteiger charge is -2.34. The second-order valence-electron chi connectivity index (χ2n) is 6.96. The average Bonchev–Trinajstić information content (AvgIpc) is 2.54. The van der Waals surface area contributed by atoms with Gasteiger partial charge in [0.25, 0.3) is 0 Å². The first-order chi connectivity index (χ1) is 11.7. The molecule has 1 aromatic rings. The molecule has 0 aliphatic heterocycles. The Kier molecular flexibility index (Phi) is 8.84. The smallest absolute Gasteiger partial charge is 0.191 e. The molecule has 0 amide bonds. The minimum atomic E-state index is -1.80. The molecule has 0 aromatic heterocycles. The van der Waals surface area contributed by atoms with Crippen LogP contribution in [0.15, 0.2) is 30.3 Å².